The van der Waals surface area contributed by atoms with Gasteiger partial charge >= 0.3 is 0 Å². The summed E-state index contributed by atoms with van der Waals surface area (Å²) < 4.78 is 22.2. The number of nitrogens with one attached hydrogen (secondary N) is 1. The van der Waals surface area contributed by atoms with Crippen molar-refractivity contribution in [2.24, 2.45) is 5.10 Å². The van der Waals surface area contributed by atoms with Crippen molar-refractivity contribution >= 4 is 23.7 Å². The molecule has 0 aliphatic carbocycles. The van der Waals surface area contributed by atoms with E-state index < -0.39 is 0 Å². The largest absolute Gasteiger partial charge is 0.492 e. The lowest BCUT2D eigenvalue weighted by atomic mass is 9.99. The van der Waals surface area contributed by atoms with Crippen LogP contribution in [-0.2, 0) is 17.6 Å². The Morgan fingerprint density at radius 3 is 2.48 bits per heavy atom. The number of hydrogen-bond donors (Lipinski definition) is 1. The second kappa shape index (κ2) is 9.52. The predicted octanol–water partition coefficient (Wildman–Crippen LogP) is 3.30. The predicted molar refractivity (Wildman–Crippen MR) is 111 cm³/mol. The van der Waals surface area contributed by atoms with Crippen LogP contribution in [0.25, 0.3) is 0 Å². The van der Waals surface area contributed by atoms with Crippen molar-refractivity contribution in [2.45, 2.75) is 25.1 Å². The first-order valence-electron chi connectivity index (χ1n) is 9.11. The van der Waals surface area contributed by atoms with Crippen molar-refractivity contribution in [1.82, 2.24) is 5.43 Å². The molecule has 8 heteroatoms. The Labute approximate surface area is 174 Å². The van der Waals surface area contributed by atoms with Crippen LogP contribution in [0.4, 0.5) is 0 Å². The molecule has 0 bridgehead atoms. The first-order valence-corrected chi connectivity index (χ1v) is 9.55. The van der Waals surface area contributed by atoms with Crippen LogP contribution in [0.5, 0.6) is 23.0 Å². The van der Waals surface area contributed by atoms with E-state index in [1.54, 1.807) is 7.11 Å². The third-order valence-corrected chi connectivity index (χ3v) is 4.51. The van der Waals surface area contributed by atoms with Gasteiger partial charge in [-0.2, -0.15) is 5.10 Å². The molecule has 154 valence electrons. The second-order valence-corrected chi connectivity index (χ2v) is 7.21. The SMILES string of the molecule is COc1c(C=NNC(=O)Cc2ccccc2)c(CC(C)Cl)c(OC)c2c1OCO2. The number of hydrogen-bond acceptors (Lipinski definition) is 6. The van der Waals surface area contributed by atoms with E-state index in [-0.39, 0.29) is 24.5 Å². The van der Waals surface area contributed by atoms with Crippen LogP contribution in [-0.4, -0.2) is 38.5 Å². The van der Waals surface area contributed by atoms with E-state index in [4.69, 9.17) is 30.5 Å². The summed E-state index contributed by atoms with van der Waals surface area (Å²) >= 11 is 6.25. The molecule has 1 unspecified atom stereocenters. The standard InChI is InChI=1S/C21H23ClN2O5/c1-13(22)9-15-16(11-23-24-17(25)10-14-7-5-4-6-8-14)19(27-3)21-20(18(15)26-2)28-12-29-21/h4-8,11,13H,9-10,12H2,1-3H3,(H,24,25). The molecule has 0 aromatic heterocycles. The second-order valence-electron chi connectivity index (χ2n) is 6.46. The molecule has 0 saturated heterocycles. The number of alkyl halides is 1. The minimum atomic E-state index is -0.230. The summed E-state index contributed by atoms with van der Waals surface area (Å²) in [5.41, 5.74) is 4.82. The van der Waals surface area contributed by atoms with E-state index in [1.807, 2.05) is 37.3 Å². The number of benzene rings is 2. The van der Waals surface area contributed by atoms with Crippen LogP contribution in [0.15, 0.2) is 35.4 Å². The summed E-state index contributed by atoms with van der Waals surface area (Å²) in [6.07, 6.45) is 2.23. The van der Waals surface area contributed by atoms with Crippen molar-refractivity contribution in [3.05, 3.63) is 47.0 Å². The fraction of sp³-hybridized carbons (Fsp3) is 0.333. The molecule has 1 atom stereocenters. The molecule has 2 aromatic rings. The summed E-state index contributed by atoms with van der Waals surface area (Å²) in [6.45, 7) is 1.94. The van der Waals surface area contributed by atoms with Gasteiger partial charge in [0.1, 0.15) is 0 Å². The van der Waals surface area contributed by atoms with Gasteiger partial charge in [0, 0.05) is 16.5 Å². The molecule has 2 aromatic carbocycles. The number of nitrogens with zero attached hydrogens (tertiary/aromatic N) is 1. The van der Waals surface area contributed by atoms with E-state index in [0.717, 1.165) is 11.1 Å². The van der Waals surface area contributed by atoms with Gasteiger partial charge in [0.25, 0.3) is 0 Å². The first-order chi connectivity index (χ1) is 14.0. The molecular formula is C21H23ClN2O5. The zero-order chi connectivity index (χ0) is 20.8. The number of carbonyl (C=O) groups is 1. The number of carbonyl (C=O) groups excluding carboxylic acids is 1. The molecule has 0 saturated carbocycles. The maximum atomic E-state index is 12.2. The van der Waals surface area contributed by atoms with Crippen LogP contribution in [0.2, 0.25) is 0 Å². The van der Waals surface area contributed by atoms with Crippen LogP contribution < -0.4 is 24.4 Å². The Hall–Kier alpha value is -2.93. The average Bonchev–Trinajstić information content (AvgIpc) is 3.17. The Bertz CT molecular complexity index is 900. The maximum Gasteiger partial charge on any atom is 0.244 e. The molecule has 7 nitrogen and oxygen atoms in total. The molecule has 29 heavy (non-hydrogen) atoms. The number of amides is 1. The third kappa shape index (κ3) is 4.74. The number of rotatable bonds is 8. The number of ether oxygens (including phenoxy) is 4. The van der Waals surface area contributed by atoms with Gasteiger partial charge in [0.15, 0.2) is 11.5 Å². The highest BCUT2D eigenvalue weighted by atomic mass is 35.5. The van der Waals surface area contributed by atoms with Crippen molar-refractivity contribution < 1.29 is 23.7 Å². The lowest BCUT2D eigenvalue weighted by Crippen LogP contribution is -2.20. The molecule has 1 aliphatic heterocycles. The van der Waals surface area contributed by atoms with E-state index in [9.17, 15) is 4.79 Å². The van der Waals surface area contributed by atoms with E-state index in [0.29, 0.717) is 35.0 Å². The van der Waals surface area contributed by atoms with Crippen LogP contribution in [0.1, 0.15) is 23.6 Å². The average molecular weight is 419 g/mol. The van der Waals surface area contributed by atoms with Gasteiger partial charge in [-0.25, -0.2) is 5.43 Å². The van der Waals surface area contributed by atoms with Gasteiger partial charge in [-0.15, -0.1) is 11.6 Å². The van der Waals surface area contributed by atoms with Crippen LogP contribution in [0.3, 0.4) is 0 Å². The molecule has 0 radical (unpaired) electrons. The van der Waals surface area contributed by atoms with Crippen LogP contribution in [0, 0.1) is 0 Å². The van der Waals surface area contributed by atoms with Gasteiger partial charge in [0.2, 0.25) is 24.2 Å². The minimum absolute atomic E-state index is 0.0618. The highest BCUT2D eigenvalue weighted by molar-refractivity contribution is 6.20. The molecule has 0 fully saturated rings. The summed E-state index contributed by atoms with van der Waals surface area (Å²) in [5.74, 6) is 1.65. The molecule has 1 amide bonds. The number of halogens is 1. The summed E-state index contributed by atoms with van der Waals surface area (Å²) in [7, 11) is 3.08. The Kier molecular flexibility index (Phi) is 6.82. The number of hydrazone groups is 1. The molecule has 0 spiro atoms. The van der Waals surface area contributed by atoms with Crippen molar-refractivity contribution in [2.75, 3.05) is 21.0 Å². The summed E-state index contributed by atoms with van der Waals surface area (Å²) in [6, 6.07) is 9.44. The Balaban J connectivity index is 1.90. The topological polar surface area (TPSA) is 78.4 Å². The monoisotopic (exact) mass is 418 g/mol. The lowest BCUT2D eigenvalue weighted by Gasteiger charge is -2.18. The fourth-order valence-corrected chi connectivity index (χ4v) is 3.32. The minimum Gasteiger partial charge on any atom is -0.492 e. The molecule has 1 heterocycles. The van der Waals surface area contributed by atoms with Crippen molar-refractivity contribution in [1.29, 1.82) is 0 Å². The van der Waals surface area contributed by atoms with Crippen LogP contribution >= 0.6 is 11.6 Å². The lowest BCUT2D eigenvalue weighted by molar-refractivity contribution is -0.120. The smallest absolute Gasteiger partial charge is 0.244 e. The third-order valence-electron chi connectivity index (χ3n) is 4.35. The first kappa shape index (κ1) is 20.8. The highest BCUT2D eigenvalue weighted by Crippen LogP contribution is 2.52. The van der Waals surface area contributed by atoms with E-state index >= 15 is 0 Å². The zero-order valence-electron chi connectivity index (χ0n) is 16.5. The van der Waals surface area contributed by atoms with Gasteiger partial charge in [0.05, 0.1) is 26.9 Å². The summed E-state index contributed by atoms with van der Waals surface area (Å²) in [4.78, 5) is 12.2. The molecule has 1 N–H and O–H groups in total. The highest BCUT2D eigenvalue weighted by Gasteiger charge is 2.31. The maximum absolute atomic E-state index is 12.2. The quantitative estimate of drug-likeness (QED) is 0.404. The zero-order valence-corrected chi connectivity index (χ0v) is 17.3. The Morgan fingerprint density at radius 1 is 1.21 bits per heavy atom. The van der Waals surface area contributed by atoms with Gasteiger partial charge in [-0.1, -0.05) is 30.3 Å². The normalized spacial score (nSPS) is 13.4. The van der Waals surface area contributed by atoms with Crippen molar-refractivity contribution in [3.63, 3.8) is 0 Å². The number of methoxy groups -OCH3 is 2. The molecule has 1 aliphatic rings. The van der Waals surface area contributed by atoms with Gasteiger partial charge < -0.3 is 18.9 Å². The summed E-state index contributed by atoms with van der Waals surface area (Å²) in [5, 5.41) is 3.94. The number of fused-ring (bicyclic) bond motifs is 1. The fourth-order valence-electron chi connectivity index (χ4n) is 3.16. The van der Waals surface area contributed by atoms with E-state index in [2.05, 4.69) is 10.5 Å². The molecule has 3 rings (SSSR count). The van der Waals surface area contributed by atoms with Gasteiger partial charge in [-0.3, -0.25) is 4.79 Å². The Morgan fingerprint density at radius 2 is 1.86 bits per heavy atom. The van der Waals surface area contributed by atoms with Gasteiger partial charge in [-0.05, 0) is 18.9 Å². The van der Waals surface area contributed by atoms with Crippen molar-refractivity contribution in [3.8, 4) is 23.0 Å². The molecular weight excluding hydrogens is 396 g/mol. The van der Waals surface area contributed by atoms with E-state index in [1.165, 1.54) is 13.3 Å².